The highest BCUT2D eigenvalue weighted by atomic mass is 16.5. The van der Waals surface area contributed by atoms with E-state index in [1.54, 1.807) is 13.3 Å². The third-order valence-electron chi connectivity index (χ3n) is 3.87. The molecule has 0 saturated heterocycles. The standard InChI is InChI=1S/C17H15N5O/c1-10-15(23-2)6-4-12-8-18-17(21-16(10)12)20-13-5-3-11-9-19-22-14(11)7-13/h3-9H,1-2H3,(H,19,22)(H,18,20,21). The van der Waals surface area contributed by atoms with Crippen LogP contribution in [0.15, 0.2) is 42.7 Å². The van der Waals surface area contributed by atoms with Crippen LogP contribution in [0, 0.1) is 6.92 Å². The van der Waals surface area contributed by atoms with E-state index in [9.17, 15) is 0 Å². The number of aromatic nitrogens is 4. The molecule has 0 unspecified atom stereocenters. The van der Waals surface area contributed by atoms with E-state index in [4.69, 9.17) is 4.74 Å². The molecule has 6 heteroatoms. The van der Waals surface area contributed by atoms with E-state index < -0.39 is 0 Å². The van der Waals surface area contributed by atoms with Gasteiger partial charge in [-0.05, 0) is 37.3 Å². The molecule has 4 rings (SSSR count). The molecule has 0 bridgehead atoms. The highest BCUT2D eigenvalue weighted by Gasteiger charge is 2.08. The summed E-state index contributed by atoms with van der Waals surface area (Å²) in [6.45, 7) is 1.99. The van der Waals surface area contributed by atoms with Crippen LogP contribution in [0.1, 0.15) is 5.56 Å². The summed E-state index contributed by atoms with van der Waals surface area (Å²) in [6.07, 6.45) is 3.60. The molecule has 0 amide bonds. The van der Waals surface area contributed by atoms with Gasteiger partial charge < -0.3 is 10.1 Å². The SMILES string of the molecule is COc1ccc2cnc(Nc3ccc4cn[nH]c4c3)nc2c1C. The number of fused-ring (bicyclic) bond motifs is 2. The first kappa shape index (κ1) is 13.5. The van der Waals surface area contributed by atoms with E-state index in [2.05, 4.69) is 25.5 Å². The van der Waals surface area contributed by atoms with Gasteiger partial charge in [0.25, 0.3) is 0 Å². The van der Waals surface area contributed by atoms with E-state index in [0.717, 1.165) is 38.8 Å². The van der Waals surface area contributed by atoms with Crippen LogP contribution in [-0.4, -0.2) is 27.3 Å². The number of benzene rings is 2. The molecule has 2 N–H and O–H groups in total. The Bertz CT molecular complexity index is 1010. The molecule has 2 aromatic heterocycles. The number of nitrogens with one attached hydrogen (secondary N) is 2. The van der Waals surface area contributed by atoms with Gasteiger partial charge in [0.15, 0.2) is 0 Å². The lowest BCUT2D eigenvalue weighted by atomic mass is 10.1. The molecule has 0 atom stereocenters. The molecule has 0 aliphatic heterocycles. The number of H-pyrrole nitrogens is 1. The highest BCUT2D eigenvalue weighted by molar-refractivity contribution is 5.85. The van der Waals surface area contributed by atoms with Gasteiger partial charge in [-0.2, -0.15) is 5.10 Å². The topological polar surface area (TPSA) is 75.7 Å². The number of rotatable bonds is 3. The first-order valence-corrected chi connectivity index (χ1v) is 7.25. The number of nitrogens with zero attached hydrogens (tertiary/aromatic N) is 3. The second-order valence-electron chi connectivity index (χ2n) is 5.32. The van der Waals surface area contributed by atoms with Gasteiger partial charge in [0.05, 0.1) is 24.3 Å². The number of methoxy groups -OCH3 is 1. The smallest absolute Gasteiger partial charge is 0.227 e. The summed E-state index contributed by atoms with van der Waals surface area (Å²) in [5, 5.41) is 12.3. The predicted molar refractivity (Wildman–Crippen MR) is 90.2 cm³/mol. The van der Waals surface area contributed by atoms with Gasteiger partial charge in [-0.1, -0.05) is 0 Å². The summed E-state index contributed by atoms with van der Waals surface area (Å²) in [5.74, 6) is 1.37. The number of ether oxygens (including phenoxy) is 1. The minimum absolute atomic E-state index is 0.549. The van der Waals surface area contributed by atoms with Crippen molar-refractivity contribution in [1.82, 2.24) is 20.2 Å². The molecule has 0 spiro atoms. The number of hydrogen-bond acceptors (Lipinski definition) is 5. The van der Waals surface area contributed by atoms with Crippen molar-refractivity contribution in [3.63, 3.8) is 0 Å². The van der Waals surface area contributed by atoms with Gasteiger partial charge in [0, 0.05) is 28.2 Å². The van der Waals surface area contributed by atoms with Gasteiger partial charge in [0.2, 0.25) is 5.95 Å². The maximum atomic E-state index is 5.36. The monoisotopic (exact) mass is 305 g/mol. The minimum atomic E-state index is 0.549. The van der Waals surface area contributed by atoms with Crippen molar-refractivity contribution in [2.24, 2.45) is 0 Å². The average molecular weight is 305 g/mol. The van der Waals surface area contributed by atoms with E-state index >= 15 is 0 Å². The van der Waals surface area contributed by atoms with E-state index in [0.29, 0.717) is 5.95 Å². The quantitative estimate of drug-likeness (QED) is 0.605. The fourth-order valence-electron chi connectivity index (χ4n) is 2.65. The molecule has 0 radical (unpaired) electrons. The number of hydrogen-bond donors (Lipinski definition) is 2. The van der Waals surface area contributed by atoms with Crippen LogP contribution >= 0.6 is 0 Å². The molecule has 4 aromatic rings. The van der Waals surface area contributed by atoms with Crippen LogP contribution in [0.4, 0.5) is 11.6 Å². The van der Waals surface area contributed by atoms with Crippen LogP contribution in [0.3, 0.4) is 0 Å². The molecule has 0 aliphatic carbocycles. The molecule has 2 aromatic carbocycles. The van der Waals surface area contributed by atoms with Crippen molar-refractivity contribution >= 4 is 33.4 Å². The van der Waals surface area contributed by atoms with E-state index in [1.807, 2.05) is 43.5 Å². The maximum Gasteiger partial charge on any atom is 0.227 e. The molecule has 0 aliphatic rings. The lowest BCUT2D eigenvalue weighted by molar-refractivity contribution is 0.412. The van der Waals surface area contributed by atoms with Crippen LogP contribution in [-0.2, 0) is 0 Å². The summed E-state index contributed by atoms with van der Waals surface area (Å²) in [6, 6.07) is 9.84. The van der Waals surface area contributed by atoms with Gasteiger partial charge in [-0.15, -0.1) is 0 Å². The zero-order valence-electron chi connectivity index (χ0n) is 12.8. The zero-order chi connectivity index (χ0) is 15.8. The lowest BCUT2D eigenvalue weighted by Gasteiger charge is -2.09. The van der Waals surface area contributed by atoms with Crippen LogP contribution in [0.5, 0.6) is 5.75 Å². The number of aryl methyl sites for hydroxylation is 1. The third-order valence-corrected chi connectivity index (χ3v) is 3.87. The molecule has 23 heavy (non-hydrogen) atoms. The minimum Gasteiger partial charge on any atom is -0.496 e. The summed E-state index contributed by atoms with van der Waals surface area (Å²) >= 11 is 0. The second-order valence-corrected chi connectivity index (χ2v) is 5.32. The Labute approximate surface area is 132 Å². The third kappa shape index (κ3) is 2.34. The Balaban J connectivity index is 1.74. The van der Waals surface area contributed by atoms with E-state index in [1.165, 1.54) is 0 Å². The zero-order valence-corrected chi connectivity index (χ0v) is 12.8. The summed E-state index contributed by atoms with van der Waals surface area (Å²) in [5.41, 5.74) is 3.75. The normalized spacial score (nSPS) is 11.0. The summed E-state index contributed by atoms with van der Waals surface area (Å²) in [4.78, 5) is 9.00. The molecule has 114 valence electrons. The van der Waals surface area contributed by atoms with Crippen LogP contribution in [0.25, 0.3) is 21.8 Å². The van der Waals surface area contributed by atoms with E-state index in [-0.39, 0.29) is 0 Å². The van der Waals surface area contributed by atoms with Crippen molar-refractivity contribution in [3.8, 4) is 5.75 Å². The summed E-state index contributed by atoms with van der Waals surface area (Å²) in [7, 11) is 1.66. The second kappa shape index (κ2) is 5.24. The lowest BCUT2D eigenvalue weighted by Crippen LogP contribution is -1.98. The van der Waals surface area contributed by atoms with Crippen molar-refractivity contribution in [1.29, 1.82) is 0 Å². The Morgan fingerprint density at radius 3 is 2.83 bits per heavy atom. The molecule has 2 heterocycles. The Morgan fingerprint density at radius 2 is 1.96 bits per heavy atom. The molecular weight excluding hydrogens is 290 g/mol. The Morgan fingerprint density at radius 1 is 1.09 bits per heavy atom. The fraction of sp³-hybridized carbons (Fsp3) is 0.118. The predicted octanol–water partition coefficient (Wildman–Crippen LogP) is 3.57. The van der Waals surface area contributed by atoms with Crippen molar-refractivity contribution in [3.05, 3.63) is 48.3 Å². The average Bonchev–Trinajstić information content (AvgIpc) is 3.03. The molecule has 6 nitrogen and oxygen atoms in total. The maximum absolute atomic E-state index is 5.36. The van der Waals surface area contributed by atoms with Gasteiger partial charge in [0.1, 0.15) is 5.75 Å². The molecular formula is C17H15N5O. The largest absolute Gasteiger partial charge is 0.496 e. The molecule has 0 saturated carbocycles. The van der Waals surface area contributed by atoms with Crippen molar-refractivity contribution in [2.75, 3.05) is 12.4 Å². The highest BCUT2D eigenvalue weighted by Crippen LogP contribution is 2.26. The van der Waals surface area contributed by atoms with Crippen molar-refractivity contribution in [2.45, 2.75) is 6.92 Å². The fourth-order valence-corrected chi connectivity index (χ4v) is 2.65. The number of aromatic amines is 1. The van der Waals surface area contributed by atoms with Crippen LogP contribution < -0.4 is 10.1 Å². The first-order valence-electron chi connectivity index (χ1n) is 7.25. The van der Waals surface area contributed by atoms with Gasteiger partial charge >= 0.3 is 0 Å². The first-order chi connectivity index (χ1) is 11.2. The summed E-state index contributed by atoms with van der Waals surface area (Å²) < 4.78 is 5.36. The van der Waals surface area contributed by atoms with Gasteiger partial charge in [-0.3, -0.25) is 5.10 Å². The van der Waals surface area contributed by atoms with Crippen LogP contribution in [0.2, 0.25) is 0 Å². The Kier molecular flexibility index (Phi) is 3.08. The number of anilines is 2. The Hall–Kier alpha value is -3.15. The molecule has 0 fully saturated rings. The van der Waals surface area contributed by atoms with Crippen molar-refractivity contribution < 1.29 is 4.74 Å². The van der Waals surface area contributed by atoms with Gasteiger partial charge in [-0.25, -0.2) is 9.97 Å².